The van der Waals surface area contributed by atoms with Crippen molar-refractivity contribution in [3.8, 4) is 6.07 Å². The van der Waals surface area contributed by atoms with Crippen LogP contribution in [0.4, 0.5) is 20.6 Å². The third-order valence-corrected chi connectivity index (χ3v) is 5.55. The van der Waals surface area contributed by atoms with Gasteiger partial charge in [0.2, 0.25) is 5.91 Å². The van der Waals surface area contributed by atoms with Crippen LogP contribution in [0, 0.1) is 17.1 Å². The van der Waals surface area contributed by atoms with Crippen molar-refractivity contribution in [3.05, 3.63) is 35.2 Å². The molecular formula is C22H27FN4O4. The molecule has 0 aliphatic carbocycles. The predicted molar refractivity (Wildman–Crippen MR) is 113 cm³/mol. The predicted octanol–water partition coefficient (Wildman–Crippen LogP) is 2.48. The second-order valence-corrected chi connectivity index (χ2v) is 7.70. The number of aliphatic hydroxyl groups excluding tert-OH is 1. The summed E-state index contributed by atoms with van der Waals surface area (Å²) in [5, 5.41) is 20.9. The number of allylic oxidation sites excluding steroid dienone is 1. The van der Waals surface area contributed by atoms with Crippen LogP contribution in [0.15, 0.2) is 29.3 Å². The number of hydrogen-bond acceptors (Lipinski definition) is 6. The second kappa shape index (κ2) is 10.3. The first-order chi connectivity index (χ1) is 14.9. The molecule has 1 aromatic carbocycles. The number of piperidine rings is 1. The first kappa shape index (κ1) is 22.6. The molecule has 0 unspecified atom stereocenters. The Bertz CT molecular complexity index is 901. The standard InChI is InChI=1S/C22H27FN4O4/c1-15(29)25-13-19-14-27(22(30)31-19)18-4-5-21(20(23)11-18)26-8-6-16(7-9-26)17(12-24)3-2-10-28/h4-5,11,19,28H,2-3,6-10,13-14H2,1H3,(H,25,29)/t19-/m0/s1. The lowest BCUT2D eigenvalue weighted by molar-refractivity contribution is -0.119. The number of carbonyl (C=O) groups is 2. The molecule has 31 heavy (non-hydrogen) atoms. The highest BCUT2D eigenvalue weighted by atomic mass is 19.1. The van der Waals surface area contributed by atoms with Crippen LogP contribution >= 0.6 is 0 Å². The van der Waals surface area contributed by atoms with E-state index in [0.29, 0.717) is 50.1 Å². The van der Waals surface area contributed by atoms with Crippen molar-refractivity contribution in [2.45, 2.75) is 38.7 Å². The maximum atomic E-state index is 14.9. The zero-order chi connectivity index (χ0) is 22.4. The SMILES string of the molecule is CC(=O)NC[C@H]1CN(c2ccc(N3CCC(=C(C#N)CCCO)CC3)c(F)c2)C(=O)O1. The summed E-state index contributed by atoms with van der Waals surface area (Å²) in [6.07, 6.45) is 1.45. The summed E-state index contributed by atoms with van der Waals surface area (Å²) in [6, 6.07) is 6.91. The summed E-state index contributed by atoms with van der Waals surface area (Å²) in [6.45, 7) is 3.09. The molecule has 3 rings (SSSR count). The van der Waals surface area contributed by atoms with Crippen LogP contribution in [-0.4, -0.2) is 56.0 Å². The summed E-state index contributed by atoms with van der Waals surface area (Å²) < 4.78 is 20.1. The number of rotatable bonds is 7. The highest BCUT2D eigenvalue weighted by molar-refractivity contribution is 5.90. The van der Waals surface area contributed by atoms with Gasteiger partial charge in [-0.3, -0.25) is 9.69 Å². The number of nitrogens with one attached hydrogen (secondary N) is 1. The molecule has 9 heteroatoms. The highest BCUT2D eigenvalue weighted by Crippen LogP contribution is 2.31. The summed E-state index contributed by atoms with van der Waals surface area (Å²) in [4.78, 5) is 26.5. The van der Waals surface area contributed by atoms with Gasteiger partial charge in [0.05, 0.1) is 30.5 Å². The van der Waals surface area contributed by atoms with Gasteiger partial charge >= 0.3 is 6.09 Å². The van der Waals surface area contributed by atoms with Crippen LogP contribution < -0.4 is 15.1 Å². The Hall–Kier alpha value is -3.12. The van der Waals surface area contributed by atoms with Crippen LogP contribution in [0.3, 0.4) is 0 Å². The summed E-state index contributed by atoms with van der Waals surface area (Å²) >= 11 is 0. The third-order valence-electron chi connectivity index (χ3n) is 5.55. The van der Waals surface area contributed by atoms with Crippen molar-refractivity contribution in [1.82, 2.24) is 5.32 Å². The first-order valence-electron chi connectivity index (χ1n) is 10.4. The number of ether oxygens (including phenoxy) is 1. The van der Waals surface area contributed by atoms with E-state index in [4.69, 9.17) is 9.84 Å². The Morgan fingerprint density at radius 2 is 2.13 bits per heavy atom. The van der Waals surface area contributed by atoms with Gasteiger partial charge in [0.25, 0.3) is 0 Å². The fourth-order valence-electron chi connectivity index (χ4n) is 3.90. The Kier molecular flexibility index (Phi) is 7.47. The molecule has 0 saturated carbocycles. The molecule has 0 aromatic heterocycles. The van der Waals surface area contributed by atoms with Crippen molar-refractivity contribution in [1.29, 1.82) is 5.26 Å². The van der Waals surface area contributed by atoms with Crippen molar-refractivity contribution in [2.75, 3.05) is 42.6 Å². The Morgan fingerprint density at radius 3 is 2.74 bits per heavy atom. The summed E-state index contributed by atoms with van der Waals surface area (Å²) in [5.41, 5.74) is 2.67. The Labute approximate surface area is 180 Å². The Balaban J connectivity index is 1.64. The number of benzene rings is 1. The fourth-order valence-corrected chi connectivity index (χ4v) is 3.90. The first-order valence-corrected chi connectivity index (χ1v) is 10.4. The minimum Gasteiger partial charge on any atom is -0.442 e. The van der Waals surface area contributed by atoms with Crippen molar-refractivity contribution in [2.24, 2.45) is 0 Å². The molecule has 0 bridgehead atoms. The van der Waals surface area contributed by atoms with E-state index in [2.05, 4.69) is 11.4 Å². The lowest BCUT2D eigenvalue weighted by Crippen LogP contribution is -2.33. The van der Waals surface area contributed by atoms with Gasteiger partial charge in [-0.15, -0.1) is 0 Å². The number of nitrogens with zero attached hydrogens (tertiary/aromatic N) is 3. The zero-order valence-electron chi connectivity index (χ0n) is 17.6. The number of carbonyl (C=O) groups excluding carboxylic acids is 2. The average Bonchev–Trinajstić information content (AvgIpc) is 3.14. The van der Waals surface area contributed by atoms with E-state index in [-0.39, 0.29) is 25.6 Å². The van der Waals surface area contributed by atoms with Gasteiger partial charge in [-0.25, -0.2) is 9.18 Å². The molecule has 2 aliphatic heterocycles. The third kappa shape index (κ3) is 5.52. The van der Waals surface area contributed by atoms with Gasteiger partial charge in [0, 0.05) is 32.2 Å². The van der Waals surface area contributed by atoms with E-state index >= 15 is 0 Å². The molecular weight excluding hydrogens is 403 g/mol. The largest absolute Gasteiger partial charge is 0.442 e. The number of aliphatic hydroxyl groups is 1. The number of nitriles is 1. The molecule has 2 heterocycles. The summed E-state index contributed by atoms with van der Waals surface area (Å²) in [5.74, 6) is -0.636. The molecule has 166 valence electrons. The van der Waals surface area contributed by atoms with Crippen LogP contribution in [0.2, 0.25) is 0 Å². The Morgan fingerprint density at radius 1 is 1.39 bits per heavy atom. The van der Waals surface area contributed by atoms with E-state index < -0.39 is 18.0 Å². The molecule has 0 radical (unpaired) electrons. The highest BCUT2D eigenvalue weighted by Gasteiger charge is 2.33. The molecule has 2 saturated heterocycles. The molecule has 0 spiro atoms. The van der Waals surface area contributed by atoms with Crippen LogP contribution in [-0.2, 0) is 9.53 Å². The van der Waals surface area contributed by atoms with Crippen LogP contribution in [0.1, 0.15) is 32.6 Å². The van der Waals surface area contributed by atoms with E-state index in [1.807, 2.05) is 4.90 Å². The minimum absolute atomic E-state index is 0.0562. The van der Waals surface area contributed by atoms with Crippen LogP contribution in [0.5, 0.6) is 0 Å². The van der Waals surface area contributed by atoms with E-state index in [9.17, 15) is 19.2 Å². The number of anilines is 2. The van der Waals surface area contributed by atoms with E-state index in [1.54, 1.807) is 12.1 Å². The van der Waals surface area contributed by atoms with Gasteiger partial charge in [0.1, 0.15) is 11.9 Å². The van der Waals surface area contributed by atoms with Gasteiger partial charge in [-0.1, -0.05) is 5.57 Å². The van der Waals surface area contributed by atoms with Crippen molar-refractivity contribution >= 4 is 23.4 Å². The maximum absolute atomic E-state index is 14.9. The number of cyclic esters (lactones) is 1. The number of amides is 2. The number of hydrogen-bond donors (Lipinski definition) is 2. The number of halogens is 1. The molecule has 1 aromatic rings. The van der Waals surface area contributed by atoms with Gasteiger partial charge in [-0.2, -0.15) is 5.26 Å². The van der Waals surface area contributed by atoms with Crippen molar-refractivity contribution < 1.29 is 23.8 Å². The normalized spacial score (nSPS) is 18.6. The molecule has 2 fully saturated rings. The quantitative estimate of drug-likeness (QED) is 0.644. The molecule has 1 atom stereocenters. The lowest BCUT2D eigenvalue weighted by Gasteiger charge is -2.31. The van der Waals surface area contributed by atoms with Crippen molar-refractivity contribution in [3.63, 3.8) is 0 Å². The van der Waals surface area contributed by atoms with E-state index in [0.717, 1.165) is 11.1 Å². The molecule has 2 N–H and O–H groups in total. The molecule has 8 nitrogen and oxygen atoms in total. The average molecular weight is 430 g/mol. The van der Waals surface area contributed by atoms with Crippen LogP contribution in [0.25, 0.3) is 0 Å². The zero-order valence-corrected chi connectivity index (χ0v) is 17.6. The monoisotopic (exact) mass is 430 g/mol. The smallest absolute Gasteiger partial charge is 0.414 e. The minimum atomic E-state index is -0.567. The second-order valence-electron chi connectivity index (χ2n) is 7.70. The van der Waals surface area contributed by atoms with Gasteiger partial charge in [0.15, 0.2) is 0 Å². The lowest BCUT2D eigenvalue weighted by atomic mass is 9.95. The fraction of sp³-hybridized carbons (Fsp3) is 0.500. The molecule has 2 aliphatic rings. The molecule has 2 amide bonds. The van der Waals surface area contributed by atoms with Gasteiger partial charge in [-0.05, 0) is 43.9 Å². The van der Waals surface area contributed by atoms with Gasteiger partial charge < -0.3 is 20.1 Å². The van der Waals surface area contributed by atoms with E-state index in [1.165, 1.54) is 17.9 Å². The topological polar surface area (TPSA) is 106 Å². The summed E-state index contributed by atoms with van der Waals surface area (Å²) in [7, 11) is 0. The maximum Gasteiger partial charge on any atom is 0.414 e.